The van der Waals surface area contributed by atoms with Gasteiger partial charge in [0.15, 0.2) is 6.29 Å². The molecule has 1 aromatic heterocycles. The molecule has 5 atom stereocenters. The number of para-hydroxylation sites is 1. The number of unbranched alkanes of at least 4 members (excludes halogenated alkanes) is 2. The Morgan fingerprint density at radius 3 is 2.21 bits per heavy atom. The summed E-state index contributed by atoms with van der Waals surface area (Å²) in [5, 5.41) is 16.2. The summed E-state index contributed by atoms with van der Waals surface area (Å²) in [5.74, 6) is 0.724. The number of aromatic nitrogens is 1. The van der Waals surface area contributed by atoms with E-state index >= 15 is 0 Å². The molecule has 6 rings (SSSR count). The molecule has 0 saturated carbocycles. The van der Waals surface area contributed by atoms with Gasteiger partial charge in [0.1, 0.15) is 30.2 Å². The Morgan fingerprint density at radius 2 is 1.48 bits per heavy atom. The Balaban J connectivity index is 1.20. The van der Waals surface area contributed by atoms with E-state index in [9.17, 15) is 13.5 Å². The highest BCUT2D eigenvalue weighted by Crippen LogP contribution is 2.31. The normalized spacial score (nSPS) is 19.8. The van der Waals surface area contributed by atoms with Crippen molar-refractivity contribution in [3.63, 3.8) is 0 Å². The molecule has 0 unspecified atom stereocenters. The van der Waals surface area contributed by atoms with E-state index < -0.39 is 40.7 Å². The van der Waals surface area contributed by atoms with Gasteiger partial charge in [-0.25, -0.2) is 12.4 Å². The number of benzene rings is 4. The van der Waals surface area contributed by atoms with Gasteiger partial charge < -0.3 is 33.5 Å². The molecule has 13 nitrogen and oxygen atoms in total. The third kappa shape index (κ3) is 10.5. The summed E-state index contributed by atoms with van der Waals surface area (Å²) >= 11 is 0. The maximum atomic E-state index is 13.7. The Labute approximate surface area is 327 Å². The molecule has 296 valence electrons. The summed E-state index contributed by atoms with van der Waals surface area (Å²) in [6.45, 7) is 1.57. The molecule has 56 heavy (non-hydrogen) atoms. The van der Waals surface area contributed by atoms with Crippen LogP contribution in [0.1, 0.15) is 36.0 Å². The molecule has 0 radical (unpaired) electrons. The quantitative estimate of drug-likeness (QED) is 0.0351. The third-order valence-electron chi connectivity index (χ3n) is 9.61. The van der Waals surface area contributed by atoms with E-state index in [0.717, 1.165) is 47.1 Å². The second-order valence-electron chi connectivity index (χ2n) is 13.4. The van der Waals surface area contributed by atoms with Gasteiger partial charge in [-0.3, -0.25) is 0 Å². The second kappa shape index (κ2) is 20.4. The summed E-state index contributed by atoms with van der Waals surface area (Å²) in [6.07, 6.45) is -0.288. The molecule has 1 saturated heterocycles. The predicted octanol–water partition coefficient (Wildman–Crippen LogP) is 7.20. The van der Waals surface area contributed by atoms with E-state index in [1.165, 1.54) is 3.97 Å². The van der Waals surface area contributed by atoms with Crippen LogP contribution in [0.5, 0.6) is 5.75 Å². The number of nitrogens with zero attached hydrogens (tertiary/aromatic N) is 4. The number of hydrogen-bond donors (Lipinski definition) is 1. The van der Waals surface area contributed by atoms with E-state index in [0.29, 0.717) is 25.1 Å². The van der Waals surface area contributed by atoms with Crippen molar-refractivity contribution < 1.29 is 41.9 Å². The van der Waals surface area contributed by atoms with Gasteiger partial charge in [0.2, 0.25) is 0 Å². The molecule has 0 aliphatic carbocycles. The predicted molar refractivity (Wildman–Crippen MR) is 211 cm³/mol. The van der Waals surface area contributed by atoms with Gasteiger partial charge in [-0.15, -0.1) is 0 Å². The fourth-order valence-electron chi connectivity index (χ4n) is 6.65. The Kier molecular flexibility index (Phi) is 14.9. The van der Waals surface area contributed by atoms with E-state index in [-0.39, 0.29) is 31.3 Å². The molecule has 1 fully saturated rings. The van der Waals surface area contributed by atoms with Crippen LogP contribution in [0.3, 0.4) is 0 Å². The van der Waals surface area contributed by atoms with Crippen molar-refractivity contribution in [2.24, 2.45) is 5.11 Å². The minimum atomic E-state index is -3.86. The average Bonchev–Trinajstić information content (AvgIpc) is 3.62. The average molecular weight is 785 g/mol. The Bertz CT molecular complexity index is 2110. The zero-order chi connectivity index (χ0) is 39.2. The van der Waals surface area contributed by atoms with Crippen LogP contribution in [-0.2, 0) is 53.3 Å². The number of rotatable bonds is 21. The highest BCUT2D eigenvalue weighted by Gasteiger charge is 2.47. The number of azide groups is 1. The SMILES string of the molecule is COc1ccc(CO[C@@H]2[C@@H](OCc3ccccc3)[C@@H](O)[C@@H](OCCc3cn(S(=O)(=O)c4ccccc4)c4ccccc34)O[C@H]2COCCCCCN=[N+]=[N-])cc1. The van der Waals surface area contributed by atoms with Crippen LogP contribution in [0.15, 0.2) is 125 Å². The van der Waals surface area contributed by atoms with Crippen LogP contribution in [0.2, 0.25) is 0 Å². The first-order valence-corrected chi connectivity index (χ1v) is 20.2. The van der Waals surface area contributed by atoms with E-state index in [4.69, 9.17) is 34.0 Å². The van der Waals surface area contributed by atoms with Gasteiger partial charge >= 0.3 is 0 Å². The van der Waals surface area contributed by atoms with Gasteiger partial charge in [0.05, 0.1) is 43.9 Å². The molecule has 0 amide bonds. The first kappa shape index (κ1) is 40.9. The molecule has 0 spiro atoms. The van der Waals surface area contributed by atoms with E-state index in [2.05, 4.69) is 10.0 Å². The topological polar surface area (TPSA) is 163 Å². The minimum Gasteiger partial charge on any atom is -0.497 e. The fraction of sp³-hybridized carbons (Fsp3) is 0.381. The van der Waals surface area contributed by atoms with Gasteiger partial charge in [-0.2, -0.15) is 0 Å². The van der Waals surface area contributed by atoms with Gasteiger partial charge in [-0.05, 0) is 71.8 Å². The zero-order valence-corrected chi connectivity index (χ0v) is 32.2. The molecule has 0 bridgehead atoms. The standard InChI is InChI=1S/C42H48N4O9S/c1-50-34-21-19-32(20-22-34)29-53-40-38(30-51-25-12-4-11-24-44-45-43)55-42(39(47)41(40)54-28-31-13-5-2-6-14-31)52-26-23-33-27-46(37-18-10-9-17-36(33)37)56(48,49)35-15-7-3-8-16-35/h2-3,5-10,13-22,27,38-42,47H,4,11-12,23-26,28-30H2,1H3/t38-,39+,40-,41-,42-/m0/s1. The lowest BCUT2D eigenvalue weighted by molar-refractivity contribution is -0.318. The molecule has 5 aromatic rings. The monoisotopic (exact) mass is 784 g/mol. The van der Waals surface area contributed by atoms with Crippen molar-refractivity contribution in [3.8, 4) is 5.75 Å². The molecule has 1 N–H and O–H groups in total. The smallest absolute Gasteiger partial charge is 0.268 e. The van der Waals surface area contributed by atoms with Crippen molar-refractivity contribution in [2.45, 2.75) is 74.5 Å². The number of fused-ring (bicyclic) bond motifs is 1. The Morgan fingerprint density at radius 1 is 0.804 bits per heavy atom. The van der Waals surface area contributed by atoms with Crippen LogP contribution in [-0.4, -0.2) is 81.7 Å². The van der Waals surface area contributed by atoms with Gasteiger partial charge in [0, 0.05) is 29.6 Å². The molecular weight excluding hydrogens is 737 g/mol. The molecule has 2 heterocycles. The molecular formula is C42H48N4O9S. The van der Waals surface area contributed by atoms with E-state index in [1.54, 1.807) is 55.8 Å². The molecule has 1 aliphatic rings. The number of aliphatic hydroxyl groups is 1. The van der Waals surface area contributed by atoms with Gasteiger partial charge in [-0.1, -0.05) is 90.4 Å². The maximum Gasteiger partial charge on any atom is 0.268 e. The van der Waals surface area contributed by atoms with Crippen molar-refractivity contribution in [3.05, 3.63) is 143 Å². The summed E-state index contributed by atoms with van der Waals surface area (Å²) in [4.78, 5) is 2.99. The van der Waals surface area contributed by atoms with Crippen LogP contribution >= 0.6 is 0 Å². The van der Waals surface area contributed by atoms with Crippen LogP contribution in [0, 0.1) is 0 Å². The summed E-state index contributed by atoms with van der Waals surface area (Å²) in [7, 11) is -2.25. The highest BCUT2D eigenvalue weighted by molar-refractivity contribution is 7.90. The summed E-state index contributed by atoms with van der Waals surface area (Å²) in [6, 6.07) is 32.9. The van der Waals surface area contributed by atoms with Crippen LogP contribution in [0.25, 0.3) is 21.3 Å². The van der Waals surface area contributed by atoms with Crippen molar-refractivity contribution >= 4 is 20.9 Å². The maximum absolute atomic E-state index is 13.7. The first-order valence-electron chi connectivity index (χ1n) is 18.7. The van der Waals surface area contributed by atoms with Crippen molar-refractivity contribution in [1.82, 2.24) is 3.97 Å². The van der Waals surface area contributed by atoms with Crippen LogP contribution in [0.4, 0.5) is 0 Å². The van der Waals surface area contributed by atoms with Crippen molar-refractivity contribution in [1.29, 1.82) is 0 Å². The van der Waals surface area contributed by atoms with Crippen LogP contribution < -0.4 is 4.74 Å². The number of hydrogen-bond acceptors (Lipinski definition) is 10. The third-order valence-corrected chi connectivity index (χ3v) is 11.3. The highest BCUT2D eigenvalue weighted by atomic mass is 32.2. The minimum absolute atomic E-state index is 0.114. The summed E-state index contributed by atoms with van der Waals surface area (Å²) < 4.78 is 65.7. The number of ether oxygens (including phenoxy) is 6. The fourth-order valence-corrected chi connectivity index (χ4v) is 8.07. The molecule has 1 aliphatic heterocycles. The Hall–Kier alpha value is -4.76. The zero-order valence-electron chi connectivity index (χ0n) is 31.3. The molecule has 4 aromatic carbocycles. The van der Waals surface area contributed by atoms with E-state index in [1.807, 2.05) is 66.7 Å². The molecule has 14 heteroatoms. The number of aliphatic hydroxyl groups excluding tert-OH is 1. The largest absolute Gasteiger partial charge is 0.497 e. The van der Waals surface area contributed by atoms with Gasteiger partial charge in [0.25, 0.3) is 10.0 Å². The lowest BCUT2D eigenvalue weighted by Crippen LogP contribution is -2.61. The lowest BCUT2D eigenvalue weighted by Gasteiger charge is -2.44. The first-order chi connectivity index (χ1) is 27.4. The second-order valence-corrected chi connectivity index (χ2v) is 15.2. The lowest BCUT2D eigenvalue weighted by atomic mass is 9.98. The summed E-state index contributed by atoms with van der Waals surface area (Å²) in [5.41, 5.74) is 11.7. The van der Waals surface area contributed by atoms with Crippen molar-refractivity contribution in [2.75, 3.05) is 33.5 Å². The number of methoxy groups -OCH3 is 1.